The van der Waals surface area contributed by atoms with Crippen molar-refractivity contribution in [3.8, 4) is 0 Å². The zero-order chi connectivity index (χ0) is 16.3. The molecule has 2 atom stereocenters. The summed E-state index contributed by atoms with van der Waals surface area (Å²) in [5.74, 6) is -0.0825. The largest absolute Gasteiger partial charge is 0.335 e. The SMILES string of the molecule is CC(c1cccc(Cl)c1)N(C)C(=O)c1ccc(S(C)=O)cc1. The van der Waals surface area contributed by atoms with Crippen molar-refractivity contribution in [3.63, 3.8) is 0 Å². The van der Waals surface area contributed by atoms with E-state index in [0.29, 0.717) is 15.5 Å². The molecule has 3 nitrogen and oxygen atoms in total. The van der Waals surface area contributed by atoms with Crippen LogP contribution in [-0.4, -0.2) is 28.3 Å². The number of hydrogen-bond acceptors (Lipinski definition) is 2. The molecule has 2 aromatic rings. The molecule has 2 aromatic carbocycles. The monoisotopic (exact) mass is 335 g/mol. The summed E-state index contributed by atoms with van der Waals surface area (Å²) in [6, 6.07) is 14.3. The number of rotatable bonds is 4. The van der Waals surface area contributed by atoms with Crippen molar-refractivity contribution in [3.05, 3.63) is 64.7 Å². The second kappa shape index (κ2) is 7.07. The predicted octanol–water partition coefficient (Wildman–Crippen LogP) is 3.91. The van der Waals surface area contributed by atoms with E-state index in [1.807, 2.05) is 31.2 Å². The van der Waals surface area contributed by atoms with Crippen molar-refractivity contribution >= 4 is 28.3 Å². The summed E-state index contributed by atoms with van der Waals surface area (Å²) in [5.41, 5.74) is 1.56. The lowest BCUT2D eigenvalue weighted by atomic mass is 10.1. The molecule has 0 spiro atoms. The molecule has 22 heavy (non-hydrogen) atoms. The second-order valence-corrected chi connectivity index (χ2v) is 6.94. The third kappa shape index (κ3) is 3.76. The zero-order valence-electron chi connectivity index (χ0n) is 12.7. The number of carbonyl (C=O) groups excluding carboxylic acids is 1. The van der Waals surface area contributed by atoms with Gasteiger partial charge in [0.2, 0.25) is 0 Å². The van der Waals surface area contributed by atoms with Crippen molar-refractivity contribution in [2.24, 2.45) is 0 Å². The Labute approximate surface area is 138 Å². The number of halogens is 1. The van der Waals surface area contributed by atoms with Crippen LogP contribution in [0.2, 0.25) is 5.02 Å². The molecule has 2 rings (SSSR count). The lowest BCUT2D eigenvalue weighted by Crippen LogP contribution is -2.29. The molecule has 0 N–H and O–H groups in total. The average Bonchev–Trinajstić information content (AvgIpc) is 2.52. The van der Waals surface area contributed by atoms with Gasteiger partial charge in [0.25, 0.3) is 5.91 Å². The fourth-order valence-electron chi connectivity index (χ4n) is 2.16. The van der Waals surface area contributed by atoms with E-state index in [4.69, 9.17) is 11.6 Å². The van der Waals surface area contributed by atoms with Gasteiger partial charge in [-0.3, -0.25) is 9.00 Å². The maximum Gasteiger partial charge on any atom is 0.254 e. The van der Waals surface area contributed by atoms with Gasteiger partial charge in [-0.25, -0.2) is 0 Å². The van der Waals surface area contributed by atoms with Gasteiger partial charge in [0.1, 0.15) is 0 Å². The molecule has 0 aliphatic rings. The van der Waals surface area contributed by atoms with Crippen molar-refractivity contribution in [1.29, 1.82) is 0 Å². The minimum atomic E-state index is -1.04. The molecule has 116 valence electrons. The number of nitrogens with zero attached hydrogens (tertiary/aromatic N) is 1. The van der Waals surface area contributed by atoms with Gasteiger partial charge < -0.3 is 4.90 Å². The van der Waals surface area contributed by atoms with Gasteiger partial charge in [0.05, 0.1) is 6.04 Å². The van der Waals surface area contributed by atoms with Crippen LogP contribution >= 0.6 is 11.6 Å². The summed E-state index contributed by atoms with van der Waals surface area (Å²) in [6.45, 7) is 1.96. The smallest absolute Gasteiger partial charge is 0.254 e. The van der Waals surface area contributed by atoms with Gasteiger partial charge in [-0.1, -0.05) is 23.7 Å². The first-order valence-electron chi connectivity index (χ1n) is 6.86. The van der Waals surface area contributed by atoms with Crippen LogP contribution in [0.3, 0.4) is 0 Å². The van der Waals surface area contributed by atoms with E-state index < -0.39 is 10.8 Å². The Balaban J connectivity index is 2.19. The van der Waals surface area contributed by atoms with Crippen molar-refractivity contribution < 1.29 is 9.00 Å². The maximum atomic E-state index is 12.5. The van der Waals surface area contributed by atoms with Gasteiger partial charge in [0, 0.05) is 39.6 Å². The number of carbonyl (C=O) groups is 1. The standard InChI is InChI=1S/C17H18ClNO2S/c1-12(14-5-4-6-15(18)11-14)19(2)17(20)13-7-9-16(10-8-13)22(3)21/h4-12H,1-3H3. The van der Waals surface area contributed by atoms with Crippen LogP contribution in [0.15, 0.2) is 53.4 Å². The Hall–Kier alpha value is -1.65. The van der Waals surface area contributed by atoms with Crippen LogP contribution in [0.4, 0.5) is 0 Å². The highest BCUT2D eigenvalue weighted by Crippen LogP contribution is 2.23. The molecular formula is C17H18ClNO2S. The third-order valence-electron chi connectivity index (χ3n) is 3.67. The molecule has 5 heteroatoms. The Morgan fingerprint density at radius 3 is 2.36 bits per heavy atom. The highest BCUT2D eigenvalue weighted by molar-refractivity contribution is 7.84. The Bertz CT molecular complexity index is 700. The fourth-order valence-corrected chi connectivity index (χ4v) is 2.88. The maximum absolute atomic E-state index is 12.5. The second-order valence-electron chi connectivity index (χ2n) is 5.13. The van der Waals surface area contributed by atoms with E-state index in [2.05, 4.69) is 0 Å². The normalized spacial score (nSPS) is 13.5. The first-order chi connectivity index (χ1) is 10.4. The molecule has 1 amide bonds. The molecule has 0 saturated carbocycles. The number of benzene rings is 2. The van der Waals surface area contributed by atoms with Crippen molar-refractivity contribution in [1.82, 2.24) is 4.90 Å². The molecular weight excluding hydrogens is 318 g/mol. The van der Waals surface area contributed by atoms with Gasteiger partial charge >= 0.3 is 0 Å². The first-order valence-corrected chi connectivity index (χ1v) is 8.80. The van der Waals surface area contributed by atoms with Crippen molar-refractivity contribution in [2.45, 2.75) is 17.9 Å². The number of hydrogen-bond donors (Lipinski definition) is 0. The summed E-state index contributed by atoms with van der Waals surface area (Å²) < 4.78 is 11.4. The van der Waals surface area contributed by atoms with Crippen LogP contribution in [-0.2, 0) is 10.8 Å². The van der Waals surface area contributed by atoms with Crippen LogP contribution in [0.5, 0.6) is 0 Å². The minimum absolute atomic E-state index is 0.0825. The summed E-state index contributed by atoms with van der Waals surface area (Å²) in [7, 11) is 0.722. The third-order valence-corrected chi connectivity index (χ3v) is 4.84. The number of amides is 1. The van der Waals surface area contributed by atoms with E-state index >= 15 is 0 Å². The summed E-state index contributed by atoms with van der Waals surface area (Å²) in [4.78, 5) is 14.9. The van der Waals surface area contributed by atoms with Crippen molar-refractivity contribution in [2.75, 3.05) is 13.3 Å². The lowest BCUT2D eigenvalue weighted by Gasteiger charge is -2.25. The van der Waals surface area contributed by atoms with Crippen LogP contribution < -0.4 is 0 Å². The zero-order valence-corrected chi connectivity index (χ0v) is 14.3. The predicted molar refractivity (Wildman–Crippen MR) is 90.7 cm³/mol. The highest BCUT2D eigenvalue weighted by atomic mass is 35.5. The molecule has 0 radical (unpaired) electrons. The van der Waals surface area contributed by atoms with Gasteiger partial charge in [0.15, 0.2) is 0 Å². The molecule has 0 fully saturated rings. The van der Waals surface area contributed by atoms with Gasteiger partial charge in [-0.05, 0) is 48.9 Å². The Kier molecular flexibility index (Phi) is 5.37. The summed E-state index contributed by atoms with van der Waals surface area (Å²) in [6.07, 6.45) is 1.62. The van der Waals surface area contributed by atoms with E-state index in [-0.39, 0.29) is 11.9 Å². The highest BCUT2D eigenvalue weighted by Gasteiger charge is 2.19. The quantitative estimate of drug-likeness (QED) is 0.849. The fraction of sp³-hybridized carbons (Fsp3) is 0.235. The van der Waals surface area contributed by atoms with Gasteiger partial charge in [-0.15, -0.1) is 0 Å². The average molecular weight is 336 g/mol. The van der Waals surface area contributed by atoms with E-state index in [9.17, 15) is 9.00 Å². The van der Waals surface area contributed by atoms with Crippen LogP contribution in [0, 0.1) is 0 Å². The molecule has 0 saturated heterocycles. The minimum Gasteiger partial charge on any atom is -0.335 e. The van der Waals surface area contributed by atoms with E-state index in [1.54, 1.807) is 42.5 Å². The van der Waals surface area contributed by atoms with Gasteiger partial charge in [-0.2, -0.15) is 0 Å². The Morgan fingerprint density at radius 1 is 1.18 bits per heavy atom. The van der Waals surface area contributed by atoms with Crippen LogP contribution in [0.1, 0.15) is 28.9 Å². The summed E-state index contributed by atoms with van der Waals surface area (Å²) in [5, 5.41) is 0.653. The molecule has 2 unspecified atom stereocenters. The molecule has 0 heterocycles. The van der Waals surface area contributed by atoms with E-state index in [1.165, 1.54) is 0 Å². The Morgan fingerprint density at radius 2 is 1.82 bits per heavy atom. The lowest BCUT2D eigenvalue weighted by molar-refractivity contribution is 0.0742. The molecule has 0 aliphatic carbocycles. The summed E-state index contributed by atoms with van der Waals surface area (Å²) >= 11 is 6.00. The first kappa shape index (κ1) is 16.7. The van der Waals surface area contributed by atoms with Crippen LogP contribution in [0.25, 0.3) is 0 Å². The molecule has 0 aromatic heterocycles. The molecule has 0 aliphatic heterocycles. The molecule has 0 bridgehead atoms. The topological polar surface area (TPSA) is 37.4 Å². The van der Waals surface area contributed by atoms with E-state index in [0.717, 1.165) is 5.56 Å².